The molecule has 43 heavy (non-hydrogen) atoms. The van der Waals surface area contributed by atoms with Crippen molar-refractivity contribution >= 4 is 27.5 Å². The lowest BCUT2D eigenvalue weighted by Gasteiger charge is -2.44. The third-order valence-corrected chi connectivity index (χ3v) is 10.8. The summed E-state index contributed by atoms with van der Waals surface area (Å²) < 4.78 is 23.3. The lowest BCUT2D eigenvalue weighted by molar-refractivity contribution is 0.0133. The molecule has 4 aromatic rings. The van der Waals surface area contributed by atoms with Crippen molar-refractivity contribution in [2.45, 2.75) is 69.5 Å². The molecular weight excluding hydrogens is 541 g/mol. The van der Waals surface area contributed by atoms with Crippen LogP contribution in [0.1, 0.15) is 51.4 Å². The second-order valence-electron chi connectivity index (χ2n) is 13.4. The van der Waals surface area contributed by atoms with Gasteiger partial charge in [0, 0.05) is 47.6 Å². The predicted molar refractivity (Wildman–Crippen MR) is 168 cm³/mol. The van der Waals surface area contributed by atoms with Gasteiger partial charge in [0.1, 0.15) is 17.1 Å². The number of phenolic OH excluding ortho intramolecular Hbond substituents is 1. The molecule has 3 aromatic carbocycles. The van der Waals surface area contributed by atoms with Gasteiger partial charge in [-0.2, -0.15) is 9.97 Å². The van der Waals surface area contributed by atoms with E-state index in [0.29, 0.717) is 41.2 Å². The molecule has 224 valence electrons. The van der Waals surface area contributed by atoms with Gasteiger partial charge < -0.3 is 25.0 Å². The lowest BCUT2D eigenvalue weighted by Crippen LogP contribution is -2.50. The normalized spacial score (nSPS) is 27.5. The van der Waals surface area contributed by atoms with Gasteiger partial charge in [0.05, 0.1) is 6.61 Å². The van der Waals surface area contributed by atoms with Gasteiger partial charge in [0.25, 0.3) is 0 Å². The lowest BCUT2D eigenvalue weighted by atomic mass is 9.76. The summed E-state index contributed by atoms with van der Waals surface area (Å²) in [4.78, 5) is 14.6. The summed E-state index contributed by atoms with van der Waals surface area (Å²) >= 11 is 0. The summed E-state index contributed by atoms with van der Waals surface area (Å²) in [6.45, 7) is 3.38. The summed E-state index contributed by atoms with van der Waals surface area (Å²) in [7, 11) is 2.23. The molecule has 2 bridgehead atoms. The van der Waals surface area contributed by atoms with Crippen LogP contribution in [0.5, 0.6) is 11.8 Å². The minimum atomic E-state index is -0.412. The molecule has 8 heteroatoms. The molecule has 0 unspecified atom stereocenters. The maximum Gasteiger partial charge on any atom is 0.319 e. The number of hydrogen-bond acceptors (Lipinski definition) is 7. The number of piperidine rings is 1. The number of rotatable bonds is 5. The average Bonchev–Trinajstić information content (AvgIpc) is 3.59. The van der Waals surface area contributed by atoms with E-state index in [0.717, 1.165) is 61.9 Å². The van der Waals surface area contributed by atoms with Gasteiger partial charge in [-0.3, -0.25) is 0 Å². The number of halogens is 1. The van der Waals surface area contributed by atoms with Crippen LogP contribution in [0.3, 0.4) is 0 Å². The van der Waals surface area contributed by atoms with Crippen LogP contribution in [0.25, 0.3) is 32.8 Å². The number of phenols is 1. The van der Waals surface area contributed by atoms with Crippen molar-refractivity contribution in [2.75, 3.05) is 38.2 Å². The Morgan fingerprint density at radius 2 is 1.81 bits per heavy atom. The third-order valence-electron chi connectivity index (χ3n) is 10.8. The van der Waals surface area contributed by atoms with Crippen LogP contribution >= 0.6 is 0 Å². The van der Waals surface area contributed by atoms with Crippen LogP contribution < -0.4 is 15.0 Å². The third kappa shape index (κ3) is 4.70. The number of benzene rings is 3. The maximum atomic E-state index is 16.8. The van der Waals surface area contributed by atoms with Crippen LogP contribution in [0, 0.1) is 11.2 Å². The van der Waals surface area contributed by atoms with E-state index in [1.54, 1.807) is 12.1 Å². The van der Waals surface area contributed by atoms with E-state index in [-0.39, 0.29) is 22.7 Å². The van der Waals surface area contributed by atoms with Crippen molar-refractivity contribution in [2.24, 2.45) is 5.41 Å². The first kappa shape index (κ1) is 27.1. The number of nitrogens with zero attached hydrogens (tertiary/aromatic N) is 4. The van der Waals surface area contributed by atoms with Crippen molar-refractivity contribution in [1.82, 2.24) is 20.2 Å². The quantitative estimate of drug-likeness (QED) is 0.288. The minimum Gasteiger partial charge on any atom is -0.508 e. The van der Waals surface area contributed by atoms with Crippen LogP contribution in [0.15, 0.2) is 48.5 Å². The van der Waals surface area contributed by atoms with E-state index in [1.165, 1.54) is 25.7 Å². The molecule has 0 radical (unpaired) electrons. The van der Waals surface area contributed by atoms with Gasteiger partial charge in [-0.25, -0.2) is 4.39 Å². The van der Waals surface area contributed by atoms with Crippen LogP contribution in [0.4, 0.5) is 10.2 Å². The Balaban J connectivity index is 1.24. The smallest absolute Gasteiger partial charge is 0.319 e. The Hall–Kier alpha value is -3.49. The fourth-order valence-electron chi connectivity index (χ4n) is 8.68. The zero-order chi connectivity index (χ0) is 29.1. The highest BCUT2D eigenvalue weighted by Gasteiger charge is 2.47. The highest BCUT2D eigenvalue weighted by atomic mass is 19.1. The van der Waals surface area contributed by atoms with Crippen LogP contribution in [0.2, 0.25) is 0 Å². The van der Waals surface area contributed by atoms with Gasteiger partial charge in [-0.1, -0.05) is 36.8 Å². The fraction of sp³-hybridized carbons (Fsp3) is 0.486. The van der Waals surface area contributed by atoms with Crippen LogP contribution in [-0.2, 0) is 0 Å². The second-order valence-corrected chi connectivity index (χ2v) is 13.4. The highest BCUT2D eigenvalue weighted by Crippen LogP contribution is 2.47. The number of ether oxygens (including phenoxy) is 1. The summed E-state index contributed by atoms with van der Waals surface area (Å²) in [5.41, 5.74) is 1.42. The highest BCUT2D eigenvalue weighted by molar-refractivity contribution is 6.01. The molecule has 0 amide bonds. The molecule has 8 rings (SSSR count). The molecule has 3 aliphatic heterocycles. The number of fused-ring (bicyclic) bond motifs is 5. The Bertz CT molecular complexity index is 1700. The van der Waals surface area contributed by atoms with Gasteiger partial charge >= 0.3 is 6.01 Å². The van der Waals surface area contributed by atoms with Gasteiger partial charge in [0.15, 0.2) is 5.82 Å². The maximum absolute atomic E-state index is 16.8. The van der Waals surface area contributed by atoms with Crippen molar-refractivity contribution in [3.8, 4) is 22.9 Å². The number of aromatic hydroxyl groups is 1. The van der Waals surface area contributed by atoms with E-state index < -0.39 is 5.82 Å². The summed E-state index contributed by atoms with van der Waals surface area (Å²) in [6, 6.07) is 16.6. The van der Waals surface area contributed by atoms with Gasteiger partial charge in [-0.05, 0) is 93.1 Å². The summed E-state index contributed by atoms with van der Waals surface area (Å²) in [6.07, 6.45) is 9.26. The zero-order valence-electron chi connectivity index (χ0n) is 24.9. The van der Waals surface area contributed by atoms with Crippen LogP contribution in [-0.4, -0.2) is 71.4 Å². The zero-order valence-corrected chi connectivity index (χ0v) is 24.9. The molecule has 1 aromatic heterocycles. The van der Waals surface area contributed by atoms with E-state index in [4.69, 9.17) is 14.7 Å². The minimum absolute atomic E-state index is 0.0953. The molecule has 2 N–H and O–H groups in total. The standard InChI is InChI=1S/C35H40FN5O2/c1-40-16-5-15-35(14-4-8-30(35)40)21-43-34-38-32-28(33(39-34)41-17-13-23-9-10-24(20-41)37-23)12-11-27(31(32)36)29-19-25(42)18-22-6-2-3-7-26(22)29/h2-3,6-7,11-12,18-19,23-24,30,37,42H,4-5,8-10,13-17,20-21H2,1H3/t23-,24+,30-,35-/m1/s1. The van der Waals surface area contributed by atoms with Crippen molar-refractivity contribution in [3.05, 3.63) is 54.3 Å². The first-order valence-electron chi connectivity index (χ1n) is 16.0. The largest absolute Gasteiger partial charge is 0.508 e. The first-order chi connectivity index (χ1) is 21.0. The fourth-order valence-corrected chi connectivity index (χ4v) is 8.68. The first-order valence-corrected chi connectivity index (χ1v) is 16.0. The molecule has 4 atom stereocenters. The van der Waals surface area contributed by atoms with Crippen molar-refractivity contribution in [1.29, 1.82) is 0 Å². The van der Waals surface area contributed by atoms with Gasteiger partial charge in [-0.15, -0.1) is 0 Å². The predicted octanol–water partition coefficient (Wildman–Crippen LogP) is 6.27. The summed E-state index contributed by atoms with van der Waals surface area (Å²) in [5.74, 6) is 0.447. The molecule has 4 heterocycles. The molecule has 1 aliphatic carbocycles. The Morgan fingerprint density at radius 3 is 2.74 bits per heavy atom. The Morgan fingerprint density at radius 1 is 0.953 bits per heavy atom. The number of aromatic nitrogens is 2. The Kier molecular flexibility index (Phi) is 6.67. The average molecular weight is 582 g/mol. The second kappa shape index (κ2) is 10.6. The molecule has 4 fully saturated rings. The number of hydrogen-bond donors (Lipinski definition) is 2. The molecule has 3 saturated heterocycles. The molecule has 0 spiro atoms. The van der Waals surface area contributed by atoms with Crippen molar-refractivity contribution in [3.63, 3.8) is 0 Å². The molecule has 7 nitrogen and oxygen atoms in total. The SMILES string of the molecule is CN1CCC[C@@]2(COc3nc(N4CC[C@H]5CC[C@@H](C4)N5)c4ccc(-c5cc(O)cc6ccccc56)c(F)c4n3)CCC[C@@H]12. The Labute approximate surface area is 252 Å². The van der Waals surface area contributed by atoms with Gasteiger partial charge in [0.2, 0.25) is 0 Å². The number of anilines is 1. The monoisotopic (exact) mass is 581 g/mol. The summed E-state index contributed by atoms with van der Waals surface area (Å²) in [5, 5.41) is 16.7. The molecule has 1 saturated carbocycles. The van der Waals surface area contributed by atoms with E-state index >= 15 is 4.39 Å². The molecule has 4 aliphatic rings. The van der Waals surface area contributed by atoms with E-state index in [9.17, 15) is 5.11 Å². The topological polar surface area (TPSA) is 73.8 Å². The molecular formula is C35H40FN5O2. The van der Waals surface area contributed by atoms with E-state index in [1.807, 2.05) is 36.4 Å². The van der Waals surface area contributed by atoms with E-state index in [2.05, 4.69) is 22.2 Å². The van der Waals surface area contributed by atoms with Crippen molar-refractivity contribution < 1.29 is 14.2 Å². The number of nitrogens with one attached hydrogen (secondary N) is 1. The number of likely N-dealkylation sites (tertiary alicyclic amines) is 1.